The number of aromatic hydroxyl groups is 1. The number of imidazole rings is 1. The van der Waals surface area contributed by atoms with Crippen molar-refractivity contribution >= 4 is 11.0 Å². The summed E-state index contributed by atoms with van der Waals surface area (Å²) in [5, 5.41) is 11.3. The maximum atomic E-state index is 11.3. The molecule has 2 aromatic heterocycles. The van der Waals surface area contributed by atoms with Crippen molar-refractivity contribution in [2.75, 3.05) is 0 Å². The second-order valence-corrected chi connectivity index (χ2v) is 15.2. The van der Waals surface area contributed by atoms with Gasteiger partial charge in [-0.2, -0.15) is 0 Å². The number of hydrogen-bond donors (Lipinski definition) is 1. The predicted molar refractivity (Wildman–Crippen MR) is 231 cm³/mol. The van der Waals surface area contributed by atoms with Gasteiger partial charge in [0.1, 0.15) is 11.6 Å². The standard InChI is InChI=1S/C52H40N3O.Pt/c1-52(2,3)45-33-38(35-16-7-4-8-17-35)26-27-47(45)55-48-24-15-23-43(50(48)54-51(55)44-22-13-14-25-49(44)56)41-30-40(37-20-11-6-12-21-37)31-42(32-41)46-34-39(28-29-53-46)36-18-9-5-10-19-36;/h4-31,33-34,56H,1-3H3;/q-1;. The van der Waals surface area contributed by atoms with Crippen molar-refractivity contribution in [2.24, 2.45) is 0 Å². The number of nitrogens with zero attached hydrogens (tertiary/aromatic N) is 3. The Morgan fingerprint density at radius 1 is 0.526 bits per heavy atom. The number of benzene rings is 7. The summed E-state index contributed by atoms with van der Waals surface area (Å²) in [4.78, 5) is 10.3. The third-order valence-corrected chi connectivity index (χ3v) is 10.4. The molecule has 0 saturated carbocycles. The molecular formula is C52H40N3OPt-. The summed E-state index contributed by atoms with van der Waals surface area (Å²) in [5.41, 5.74) is 14.7. The molecule has 5 heteroatoms. The van der Waals surface area contributed by atoms with Gasteiger partial charge in [-0.3, -0.25) is 9.55 Å². The van der Waals surface area contributed by atoms with Gasteiger partial charge in [-0.15, -0.1) is 23.8 Å². The largest absolute Gasteiger partial charge is 0.507 e. The van der Waals surface area contributed by atoms with Crippen molar-refractivity contribution in [2.45, 2.75) is 26.2 Å². The number of pyridine rings is 1. The van der Waals surface area contributed by atoms with Gasteiger partial charge in [-0.05, 0) is 75.2 Å². The van der Waals surface area contributed by atoms with Gasteiger partial charge < -0.3 is 5.11 Å². The van der Waals surface area contributed by atoms with Gasteiger partial charge in [0.15, 0.2) is 0 Å². The molecule has 0 bridgehead atoms. The molecule has 2 heterocycles. The predicted octanol–water partition coefficient (Wildman–Crippen LogP) is 13.2. The van der Waals surface area contributed by atoms with Gasteiger partial charge in [-0.1, -0.05) is 165 Å². The van der Waals surface area contributed by atoms with Crippen molar-refractivity contribution in [3.8, 4) is 78.6 Å². The second-order valence-electron chi connectivity index (χ2n) is 15.2. The van der Waals surface area contributed by atoms with Crippen LogP contribution in [0, 0.1) is 6.07 Å². The SMILES string of the molecule is CC(C)(C)c1cc(-c2ccccc2)ccc1-n1c(-c2ccccc2O)nc2c(-c3[c-]c(-c4cc(-c5ccccc5)ccn4)cc(-c4ccccc4)c3)cccc21.[Pt]. The Morgan fingerprint density at radius 2 is 1.11 bits per heavy atom. The maximum absolute atomic E-state index is 11.3. The van der Waals surface area contributed by atoms with Crippen molar-refractivity contribution in [3.63, 3.8) is 0 Å². The topological polar surface area (TPSA) is 50.9 Å². The Balaban J connectivity index is 0.00000455. The Hall–Kier alpha value is -6.35. The number of hydrogen-bond acceptors (Lipinski definition) is 3. The van der Waals surface area contributed by atoms with E-state index < -0.39 is 0 Å². The van der Waals surface area contributed by atoms with E-state index in [1.54, 1.807) is 6.07 Å². The van der Waals surface area contributed by atoms with Crippen LogP contribution in [-0.4, -0.2) is 19.6 Å². The first-order valence-electron chi connectivity index (χ1n) is 19.0. The Bertz CT molecular complexity index is 2840. The third kappa shape index (κ3) is 7.37. The maximum Gasteiger partial charge on any atom is 0.148 e. The normalized spacial score (nSPS) is 11.4. The molecule has 9 aromatic rings. The van der Waals surface area contributed by atoms with E-state index in [1.807, 2.05) is 48.7 Å². The molecule has 0 fully saturated rings. The fourth-order valence-corrected chi connectivity index (χ4v) is 7.58. The van der Waals surface area contributed by atoms with Gasteiger partial charge in [-0.25, -0.2) is 4.98 Å². The van der Waals surface area contributed by atoms with Crippen molar-refractivity contribution in [1.82, 2.24) is 14.5 Å². The van der Waals surface area contributed by atoms with E-state index in [0.29, 0.717) is 11.4 Å². The van der Waals surface area contributed by atoms with Gasteiger partial charge in [0.2, 0.25) is 0 Å². The number of phenols is 1. The average molecular weight is 918 g/mol. The van der Waals surface area contributed by atoms with Crippen LogP contribution in [0.5, 0.6) is 5.75 Å². The van der Waals surface area contributed by atoms with Gasteiger partial charge in [0.05, 0.1) is 22.3 Å². The molecule has 1 N–H and O–H groups in total. The molecule has 0 aliphatic rings. The van der Waals surface area contributed by atoms with Crippen molar-refractivity contribution in [3.05, 3.63) is 194 Å². The zero-order valence-corrected chi connectivity index (χ0v) is 34.2. The molecule has 0 radical (unpaired) electrons. The zero-order valence-electron chi connectivity index (χ0n) is 31.9. The van der Waals surface area contributed by atoms with Crippen LogP contribution in [0.4, 0.5) is 0 Å². The molecule has 0 aliphatic carbocycles. The summed E-state index contributed by atoms with van der Waals surface area (Å²) in [7, 11) is 0. The van der Waals surface area contributed by atoms with Crippen molar-refractivity contribution in [1.29, 1.82) is 0 Å². The van der Waals surface area contributed by atoms with E-state index >= 15 is 0 Å². The summed E-state index contributed by atoms with van der Waals surface area (Å²) in [6.07, 6.45) is 1.87. The van der Waals surface area contributed by atoms with Crippen LogP contribution in [0.1, 0.15) is 26.3 Å². The molecule has 9 rings (SSSR count). The molecule has 0 aliphatic heterocycles. The van der Waals surface area contributed by atoms with Crippen LogP contribution in [-0.2, 0) is 26.5 Å². The first-order valence-corrected chi connectivity index (χ1v) is 19.0. The van der Waals surface area contributed by atoms with Crippen LogP contribution in [0.25, 0.3) is 83.9 Å². The fraction of sp³-hybridized carbons (Fsp3) is 0.0769. The average Bonchev–Trinajstić information content (AvgIpc) is 3.63. The molecule has 0 amide bonds. The zero-order chi connectivity index (χ0) is 38.2. The van der Waals surface area contributed by atoms with E-state index in [0.717, 1.165) is 72.5 Å². The minimum Gasteiger partial charge on any atom is -0.507 e. The molecule has 0 spiro atoms. The van der Waals surface area contributed by atoms with Crippen LogP contribution >= 0.6 is 0 Å². The van der Waals surface area contributed by atoms with Crippen LogP contribution < -0.4 is 0 Å². The van der Waals surface area contributed by atoms with Crippen LogP contribution in [0.15, 0.2) is 182 Å². The minimum absolute atomic E-state index is 0. The Kier molecular flexibility index (Phi) is 10.3. The van der Waals surface area contributed by atoms with E-state index in [-0.39, 0.29) is 32.2 Å². The monoisotopic (exact) mass is 917 g/mol. The van der Waals surface area contributed by atoms with Gasteiger partial charge in [0.25, 0.3) is 0 Å². The van der Waals surface area contributed by atoms with E-state index in [2.05, 4.69) is 159 Å². The molecule has 0 atom stereocenters. The van der Waals surface area contributed by atoms with Crippen LogP contribution in [0.2, 0.25) is 0 Å². The number of aromatic nitrogens is 3. The number of phenolic OH excluding ortho intramolecular Hbond substituents is 1. The second kappa shape index (κ2) is 15.7. The van der Waals surface area contributed by atoms with Gasteiger partial charge >= 0.3 is 0 Å². The minimum atomic E-state index is -0.210. The summed E-state index contributed by atoms with van der Waals surface area (Å²) in [6.45, 7) is 6.74. The van der Waals surface area contributed by atoms with E-state index in [1.165, 1.54) is 5.56 Å². The summed E-state index contributed by atoms with van der Waals surface area (Å²) in [5.74, 6) is 0.841. The smallest absolute Gasteiger partial charge is 0.148 e. The van der Waals surface area contributed by atoms with E-state index in [4.69, 9.17) is 9.97 Å². The van der Waals surface area contributed by atoms with E-state index in [9.17, 15) is 5.11 Å². The Morgan fingerprint density at radius 3 is 1.75 bits per heavy atom. The molecule has 0 unspecified atom stereocenters. The molecule has 0 saturated heterocycles. The number of rotatable bonds is 7. The summed E-state index contributed by atoms with van der Waals surface area (Å²) < 4.78 is 2.22. The number of para-hydroxylation sites is 2. The molecule has 7 aromatic carbocycles. The first-order chi connectivity index (χ1) is 27.3. The van der Waals surface area contributed by atoms with Gasteiger partial charge in [0, 0.05) is 33.0 Å². The summed E-state index contributed by atoms with van der Waals surface area (Å²) in [6, 6.07) is 64.1. The summed E-state index contributed by atoms with van der Waals surface area (Å²) >= 11 is 0. The van der Waals surface area contributed by atoms with Crippen LogP contribution in [0.3, 0.4) is 0 Å². The van der Waals surface area contributed by atoms with Crippen molar-refractivity contribution < 1.29 is 26.2 Å². The Labute approximate surface area is 348 Å². The molecular weight excluding hydrogens is 878 g/mol. The number of fused-ring (bicyclic) bond motifs is 1. The first kappa shape index (κ1) is 37.6. The third-order valence-electron chi connectivity index (χ3n) is 10.4. The molecule has 57 heavy (non-hydrogen) atoms. The quantitative estimate of drug-likeness (QED) is 0.162. The fourth-order valence-electron chi connectivity index (χ4n) is 7.58. The molecule has 280 valence electrons. The molecule has 4 nitrogen and oxygen atoms in total.